The Balaban J connectivity index is 1.64. The van der Waals surface area contributed by atoms with E-state index in [0.717, 1.165) is 21.2 Å². The molecular formula is C22H17BrN2O2. The second-order valence-corrected chi connectivity index (χ2v) is 7.37. The third-order valence-electron chi connectivity index (χ3n) is 4.23. The lowest BCUT2D eigenvalue weighted by Crippen LogP contribution is -2.12. The van der Waals surface area contributed by atoms with Crippen LogP contribution < -0.4 is 5.32 Å². The fraction of sp³-hybridized carbons (Fsp3) is 0.0909. The van der Waals surface area contributed by atoms with Crippen molar-refractivity contribution in [3.8, 4) is 11.5 Å². The van der Waals surface area contributed by atoms with Crippen molar-refractivity contribution in [2.75, 3.05) is 5.32 Å². The molecule has 134 valence electrons. The van der Waals surface area contributed by atoms with Gasteiger partial charge in [0, 0.05) is 15.7 Å². The smallest absolute Gasteiger partial charge is 0.255 e. The highest BCUT2D eigenvalue weighted by Crippen LogP contribution is 2.31. The molecule has 0 aliphatic carbocycles. The monoisotopic (exact) mass is 420 g/mol. The van der Waals surface area contributed by atoms with Gasteiger partial charge in [-0.05, 0) is 72.2 Å². The van der Waals surface area contributed by atoms with E-state index in [2.05, 4.69) is 26.2 Å². The van der Waals surface area contributed by atoms with Gasteiger partial charge in [-0.1, -0.05) is 29.3 Å². The Morgan fingerprint density at radius 3 is 2.48 bits per heavy atom. The van der Waals surface area contributed by atoms with Crippen LogP contribution in [-0.4, -0.2) is 10.9 Å². The minimum atomic E-state index is -0.143. The first kappa shape index (κ1) is 17.5. The highest BCUT2D eigenvalue weighted by atomic mass is 79.9. The van der Waals surface area contributed by atoms with Crippen LogP contribution in [0.4, 0.5) is 5.69 Å². The lowest BCUT2D eigenvalue weighted by Gasteiger charge is -2.07. The summed E-state index contributed by atoms with van der Waals surface area (Å²) in [5, 5.41) is 2.94. The van der Waals surface area contributed by atoms with Gasteiger partial charge in [0.15, 0.2) is 5.58 Å². The molecule has 0 aliphatic heterocycles. The van der Waals surface area contributed by atoms with Crippen molar-refractivity contribution < 1.29 is 9.21 Å². The van der Waals surface area contributed by atoms with Gasteiger partial charge < -0.3 is 9.73 Å². The summed E-state index contributed by atoms with van der Waals surface area (Å²) >= 11 is 3.52. The molecule has 3 aromatic carbocycles. The number of hydrogen-bond acceptors (Lipinski definition) is 3. The summed E-state index contributed by atoms with van der Waals surface area (Å²) in [7, 11) is 0. The summed E-state index contributed by atoms with van der Waals surface area (Å²) in [5.41, 5.74) is 5.69. The molecule has 0 aliphatic rings. The van der Waals surface area contributed by atoms with Gasteiger partial charge in [-0.15, -0.1) is 0 Å². The maximum Gasteiger partial charge on any atom is 0.255 e. The summed E-state index contributed by atoms with van der Waals surface area (Å²) in [6, 6.07) is 19.0. The summed E-state index contributed by atoms with van der Waals surface area (Å²) in [5.74, 6) is 0.394. The molecule has 1 aromatic heterocycles. The molecule has 1 N–H and O–H groups in total. The summed E-state index contributed by atoms with van der Waals surface area (Å²) in [6.07, 6.45) is 0. The molecule has 1 heterocycles. The molecule has 0 spiro atoms. The van der Waals surface area contributed by atoms with Crippen molar-refractivity contribution in [2.45, 2.75) is 13.8 Å². The van der Waals surface area contributed by atoms with Gasteiger partial charge >= 0.3 is 0 Å². The van der Waals surface area contributed by atoms with E-state index in [0.29, 0.717) is 28.2 Å². The van der Waals surface area contributed by atoms with Gasteiger partial charge in [0.25, 0.3) is 5.91 Å². The lowest BCUT2D eigenvalue weighted by atomic mass is 10.1. The van der Waals surface area contributed by atoms with E-state index in [9.17, 15) is 4.79 Å². The molecule has 4 nitrogen and oxygen atoms in total. The fourth-order valence-corrected chi connectivity index (χ4v) is 3.52. The predicted molar refractivity (Wildman–Crippen MR) is 111 cm³/mol. The predicted octanol–water partition coefficient (Wildman–Crippen LogP) is 6.13. The number of carbonyl (C=O) groups is 1. The SMILES string of the molecule is Cc1cc(C)cc(C(=O)Nc2ccc3oc(-c4ccccc4Br)nc3c2)c1. The average molecular weight is 421 g/mol. The normalized spacial score (nSPS) is 10.9. The van der Waals surface area contributed by atoms with Crippen LogP contribution in [0.3, 0.4) is 0 Å². The summed E-state index contributed by atoms with van der Waals surface area (Å²) in [6.45, 7) is 3.96. The van der Waals surface area contributed by atoms with Crippen molar-refractivity contribution >= 4 is 38.6 Å². The van der Waals surface area contributed by atoms with Gasteiger partial charge in [0.2, 0.25) is 5.89 Å². The fourth-order valence-electron chi connectivity index (χ4n) is 3.06. The van der Waals surface area contributed by atoms with Crippen molar-refractivity contribution in [3.05, 3.63) is 81.8 Å². The van der Waals surface area contributed by atoms with Crippen LogP contribution in [0, 0.1) is 13.8 Å². The van der Waals surface area contributed by atoms with Crippen LogP contribution in [0.5, 0.6) is 0 Å². The highest BCUT2D eigenvalue weighted by molar-refractivity contribution is 9.10. The van der Waals surface area contributed by atoms with E-state index >= 15 is 0 Å². The minimum absolute atomic E-state index is 0.143. The van der Waals surface area contributed by atoms with Crippen LogP contribution in [0.2, 0.25) is 0 Å². The molecule has 0 fully saturated rings. The number of carbonyl (C=O) groups excluding carboxylic acids is 1. The topological polar surface area (TPSA) is 55.1 Å². The number of amides is 1. The molecule has 4 aromatic rings. The standard InChI is InChI=1S/C22H17BrN2O2/c1-13-9-14(2)11-15(10-13)21(26)24-16-7-8-20-19(12-16)25-22(27-20)17-5-3-4-6-18(17)23/h3-12H,1-2H3,(H,24,26). The van der Waals surface area contributed by atoms with Crippen LogP contribution in [0.15, 0.2) is 69.6 Å². The third kappa shape index (κ3) is 3.64. The zero-order valence-electron chi connectivity index (χ0n) is 14.9. The number of aromatic nitrogens is 1. The van der Waals surface area contributed by atoms with Gasteiger partial charge in [-0.3, -0.25) is 4.79 Å². The lowest BCUT2D eigenvalue weighted by molar-refractivity contribution is 0.102. The van der Waals surface area contributed by atoms with E-state index in [1.54, 1.807) is 0 Å². The van der Waals surface area contributed by atoms with Crippen molar-refractivity contribution in [1.82, 2.24) is 4.98 Å². The highest BCUT2D eigenvalue weighted by Gasteiger charge is 2.13. The number of anilines is 1. The van der Waals surface area contributed by atoms with Crippen molar-refractivity contribution in [3.63, 3.8) is 0 Å². The first-order chi connectivity index (χ1) is 13.0. The zero-order valence-corrected chi connectivity index (χ0v) is 16.5. The number of halogens is 1. The second-order valence-electron chi connectivity index (χ2n) is 6.51. The number of fused-ring (bicyclic) bond motifs is 1. The molecule has 0 bridgehead atoms. The Morgan fingerprint density at radius 2 is 1.74 bits per heavy atom. The quantitative estimate of drug-likeness (QED) is 0.433. The third-order valence-corrected chi connectivity index (χ3v) is 4.93. The first-order valence-corrected chi connectivity index (χ1v) is 9.34. The number of hydrogen-bond donors (Lipinski definition) is 1. The van der Waals surface area contributed by atoms with E-state index < -0.39 is 0 Å². The number of rotatable bonds is 3. The van der Waals surface area contributed by atoms with Crippen LogP contribution in [0.25, 0.3) is 22.6 Å². The number of nitrogens with zero attached hydrogens (tertiary/aromatic N) is 1. The van der Waals surface area contributed by atoms with Gasteiger partial charge in [-0.25, -0.2) is 4.98 Å². The minimum Gasteiger partial charge on any atom is -0.436 e. The maximum absolute atomic E-state index is 12.6. The zero-order chi connectivity index (χ0) is 19.0. The van der Waals surface area contributed by atoms with E-state index in [1.807, 2.05) is 74.5 Å². The van der Waals surface area contributed by atoms with E-state index in [4.69, 9.17) is 4.42 Å². The molecule has 1 amide bonds. The average Bonchev–Trinajstić information content (AvgIpc) is 3.04. The van der Waals surface area contributed by atoms with Gasteiger partial charge in [-0.2, -0.15) is 0 Å². The molecular weight excluding hydrogens is 404 g/mol. The van der Waals surface area contributed by atoms with Crippen LogP contribution in [0.1, 0.15) is 21.5 Å². The summed E-state index contributed by atoms with van der Waals surface area (Å²) in [4.78, 5) is 17.1. The Labute approximate surface area is 165 Å². The molecule has 27 heavy (non-hydrogen) atoms. The molecule has 0 saturated heterocycles. The summed E-state index contributed by atoms with van der Waals surface area (Å²) < 4.78 is 6.77. The Kier molecular flexibility index (Phi) is 4.54. The van der Waals surface area contributed by atoms with Gasteiger partial charge in [0.1, 0.15) is 5.52 Å². The van der Waals surface area contributed by atoms with Gasteiger partial charge in [0.05, 0.1) is 5.56 Å². The Bertz CT molecular complexity index is 1140. The Hall–Kier alpha value is -2.92. The molecule has 0 saturated carbocycles. The number of oxazole rings is 1. The van der Waals surface area contributed by atoms with Crippen molar-refractivity contribution in [1.29, 1.82) is 0 Å². The largest absolute Gasteiger partial charge is 0.436 e. The Morgan fingerprint density at radius 1 is 1.00 bits per heavy atom. The molecule has 0 atom stereocenters. The maximum atomic E-state index is 12.6. The first-order valence-electron chi connectivity index (χ1n) is 8.55. The van der Waals surface area contributed by atoms with Crippen molar-refractivity contribution in [2.24, 2.45) is 0 Å². The number of aryl methyl sites for hydroxylation is 2. The van der Waals surface area contributed by atoms with E-state index in [1.165, 1.54) is 0 Å². The molecule has 5 heteroatoms. The van der Waals surface area contributed by atoms with Crippen LogP contribution >= 0.6 is 15.9 Å². The second kappa shape index (κ2) is 7.00. The molecule has 0 unspecified atom stereocenters. The number of nitrogens with one attached hydrogen (secondary N) is 1. The number of benzene rings is 3. The molecule has 4 rings (SSSR count). The molecule has 0 radical (unpaired) electrons. The van der Waals surface area contributed by atoms with Crippen LogP contribution in [-0.2, 0) is 0 Å². The van der Waals surface area contributed by atoms with E-state index in [-0.39, 0.29) is 5.91 Å².